The van der Waals surface area contributed by atoms with E-state index in [-0.39, 0.29) is 23.7 Å². The highest BCUT2D eigenvalue weighted by Gasteiger charge is 2.43. The maximum atomic E-state index is 9.99. The molecule has 4 rings (SSSR count). The Labute approximate surface area is 174 Å². The van der Waals surface area contributed by atoms with Gasteiger partial charge in [-0.05, 0) is 51.5 Å². The number of para-hydroxylation sites is 1. The number of ether oxygens (including phenoxy) is 2. The van der Waals surface area contributed by atoms with Crippen molar-refractivity contribution in [3.05, 3.63) is 29.8 Å². The zero-order chi connectivity index (χ0) is 20.2. The van der Waals surface area contributed by atoms with Crippen molar-refractivity contribution in [2.75, 3.05) is 32.9 Å². The standard InChI is InChI=1S/C23H35N3O3/c1-2-24-21(25-16-22(17-27)11-13-28-14-12-22)26-19-15-23(9-5-6-10-23)29-20-8-4-3-7-18(19)20/h3-4,7-8,19,27H,2,5-6,9-17H2,1H3,(H2,24,25,26). The molecule has 1 unspecified atom stereocenters. The molecule has 1 aliphatic carbocycles. The summed E-state index contributed by atoms with van der Waals surface area (Å²) in [6.45, 7) is 5.06. The number of benzene rings is 1. The Hall–Kier alpha value is -1.79. The van der Waals surface area contributed by atoms with Crippen LogP contribution >= 0.6 is 0 Å². The SMILES string of the molecule is CCNC(=NCC1(CO)CCOCC1)NC1CC2(CCCC2)Oc2ccccc21. The molecule has 6 nitrogen and oxygen atoms in total. The molecule has 160 valence electrons. The van der Waals surface area contributed by atoms with Gasteiger partial charge >= 0.3 is 0 Å². The molecule has 1 saturated carbocycles. The molecule has 0 aromatic heterocycles. The van der Waals surface area contributed by atoms with E-state index in [1.165, 1.54) is 18.4 Å². The molecule has 1 spiro atoms. The number of nitrogens with zero attached hydrogens (tertiary/aromatic N) is 1. The average molecular weight is 402 g/mol. The van der Waals surface area contributed by atoms with Gasteiger partial charge in [0.15, 0.2) is 5.96 Å². The van der Waals surface area contributed by atoms with Gasteiger partial charge in [0.1, 0.15) is 11.4 Å². The van der Waals surface area contributed by atoms with Gasteiger partial charge in [0, 0.05) is 37.2 Å². The van der Waals surface area contributed by atoms with Crippen LogP contribution in [0.3, 0.4) is 0 Å². The maximum absolute atomic E-state index is 9.99. The molecular weight excluding hydrogens is 366 g/mol. The zero-order valence-electron chi connectivity index (χ0n) is 17.6. The van der Waals surface area contributed by atoms with Gasteiger partial charge < -0.3 is 25.2 Å². The number of rotatable bonds is 5. The third-order valence-corrected chi connectivity index (χ3v) is 6.83. The molecule has 2 heterocycles. The molecule has 3 aliphatic rings. The summed E-state index contributed by atoms with van der Waals surface area (Å²) in [5, 5.41) is 17.1. The first-order valence-electron chi connectivity index (χ1n) is 11.2. The topological polar surface area (TPSA) is 75.1 Å². The third-order valence-electron chi connectivity index (χ3n) is 6.83. The fraction of sp³-hybridized carbons (Fsp3) is 0.696. The van der Waals surface area contributed by atoms with E-state index in [2.05, 4.69) is 41.8 Å². The fourth-order valence-electron chi connectivity index (χ4n) is 4.98. The predicted octanol–water partition coefficient (Wildman–Crippen LogP) is 3.17. The summed E-state index contributed by atoms with van der Waals surface area (Å²) in [6, 6.07) is 8.56. The van der Waals surface area contributed by atoms with Gasteiger partial charge in [-0.15, -0.1) is 0 Å². The van der Waals surface area contributed by atoms with E-state index in [9.17, 15) is 5.11 Å². The van der Waals surface area contributed by atoms with Gasteiger partial charge in [0.05, 0.1) is 19.2 Å². The molecular formula is C23H35N3O3. The summed E-state index contributed by atoms with van der Waals surface area (Å²) in [5.41, 5.74) is 0.996. The lowest BCUT2D eigenvalue weighted by Gasteiger charge is -2.40. The Balaban J connectivity index is 1.54. The summed E-state index contributed by atoms with van der Waals surface area (Å²) in [6.07, 6.45) is 7.41. The number of fused-ring (bicyclic) bond motifs is 1. The molecule has 1 saturated heterocycles. The molecule has 0 bridgehead atoms. The van der Waals surface area contributed by atoms with Crippen molar-refractivity contribution in [1.82, 2.24) is 10.6 Å². The number of hydrogen-bond donors (Lipinski definition) is 3. The molecule has 3 N–H and O–H groups in total. The smallest absolute Gasteiger partial charge is 0.191 e. The molecule has 1 atom stereocenters. The van der Waals surface area contributed by atoms with Crippen LogP contribution in [-0.4, -0.2) is 49.6 Å². The Bertz CT molecular complexity index is 709. The molecule has 0 radical (unpaired) electrons. The lowest BCUT2D eigenvalue weighted by Crippen LogP contribution is -2.47. The normalized spacial score (nSPS) is 25.3. The first-order chi connectivity index (χ1) is 14.2. The van der Waals surface area contributed by atoms with E-state index >= 15 is 0 Å². The van der Waals surface area contributed by atoms with Gasteiger partial charge in [0.2, 0.25) is 0 Å². The van der Waals surface area contributed by atoms with Gasteiger partial charge in [-0.3, -0.25) is 4.99 Å². The van der Waals surface area contributed by atoms with Crippen LogP contribution in [0.1, 0.15) is 63.5 Å². The average Bonchev–Trinajstić information content (AvgIpc) is 3.20. The van der Waals surface area contributed by atoms with E-state index in [1.807, 2.05) is 0 Å². The van der Waals surface area contributed by atoms with E-state index in [4.69, 9.17) is 14.5 Å². The highest BCUT2D eigenvalue weighted by atomic mass is 16.5. The Morgan fingerprint density at radius 1 is 1.17 bits per heavy atom. The van der Waals surface area contributed by atoms with Crippen LogP contribution < -0.4 is 15.4 Å². The molecule has 2 aliphatic heterocycles. The maximum Gasteiger partial charge on any atom is 0.191 e. The van der Waals surface area contributed by atoms with Crippen molar-refractivity contribution < 1.29 is 14.6 Å². The quantitative estimate of drug-likeness (QED) is 0.522. The fourth-order valence-corrected chi connectivity index (χ4v) is 4.98. The molecule has 2 fully saturated rings. The van der Waals surface area contributed by atoms with Crippen molar-refractivity contribution in [2.24, 2.45) is 10.4 Å². The lowest BCUT2D eigenvalue weighted by molar-refractivity contribution is -0.0106. The molecule has 0 amide bonds. The first-order valence-corrected chi connectivity index (χ1v) is 11.2. The van der Waals surface area contributed by atoms with Crippen LogP contribution in [0.15, 0.2) is 29.3 Å². The highest BCUT2D eigenvalue weighted by molar-refractivity contribution is 5.80. The van der Waals surface area contributed by atoms with E-state index in [1.54, 1.807) is 0 Å². The van der Waals surface area contributed by atoms with Gasteiger partial charge in [-0.25, -0.2) is 0 Å². The predicted molar refractivity (Wildman–Crippen MR) is 114 cm³/mol. The van der Waals surface area contributed by atoms with Crippen molar-refractivity contribution in [3.63, 3.8) is 0 Å². The summed E-state index contributed by atoms with van der Waals surface area (Å²) >= 11 is 0. The molecule has 1 aromatic carbocycles. The van der Waals surface area contributed by atoms with Crippen LogP contribution in [0.25, 0.3) is 0 Å². The van der Waals surface area contributed by atoms with Crippen LogP contribution in [0, 0.1) is 5.41 Å². The number of hydrogen-bond acceptors (Lipinski definition) is 4. The number of aliphatic imine (C=N–C) groups is 1. The van der Waals surface area contributed by atoms with E-state index in [0.29, 0.717) is 19.8 Å². The minimum absolute atomic E-state index is 0.0453. The van der Waals surface area contributed by atoms with E-state index in [0.717, 1.165) is 50.4 Å². The number of guanidine groups is 1. The Morgan fingerprint density at radius 2 is 1.93 bits per heavy atom. The van der Waals surface area contributed by atoms with Gasteiger partial charge in [-0.2, -0.15) is 0 Å². The number of nitrogens with one attached hydrogen (secondary N) is 2. The Morgan fingerprint density at radius 3 is 2.66 bits per heavy atom. The highest BCUT2D eigenvalue weighted by Crippen LogP contribution is 2.47. The van der Waals surface area contributed by atoms with Gasteiger partial charge in [0.25, 0.3) is 0 Å². The summed E-state index contributed by atoms with van der Waals surface area (Å²) in [5.74, 6) is 1.83. The minimum Gasteiger partial charge on any atom is -0.487 e. The monoisotopic (exact) mass is 401 g/mol. The van der Waals surface area contributed by atoms with Crippen molar-refractivity contribution in [3.8, 4) is 5.75 Å². The second-order valence-corrected chi connectivity index (χ2v) is 8.90. The Kier molecular flexibility index (Phi) is 6.30. The summed E-state index contributed by atoms with van der Waals surface area (Å²) < 4.78 is 12.0. The minimum atomic E-state index is -0.166. The summed E-state index contributed by atoms with van der Waals surface area (Å²) in [7, 11) is 0. The van der Waals surface area contributed by atoms with Crippen LogP contribution in [0.2, 0.25) is 0 Å². The van der Waals surface area contributed by atoms with Crippen molar-refractivity contribution in [2.45, 2.75) is 63.5 Å². The molecule has 1 aromatic rings. The van der Waals surface area contributed by atoms with Crippen LogP contribution in [-0.2, 0) is 4.74 Å². The van der Waals surface area contributed by atoms with Crippen molar-refractivity contribution >= 4 is 5.96 Å². The largest absolute Gasteiger partial charge is 0.487 e. The number of aliphatic hydroxyl groups excluding tert-OH is 1. The zero-order valence-corrected chi connectivity index (χ0v) is 17.6. The third kappa shape index (κ3) is 4.53. The molecule has 6 heteroatoms. The van der Waals surface area contributed by atoms with E-state index < -0.39 is 0 Å². The number of aliphatic hydroxyl groups is 1. The van der Waals surface area contributed by atoms with Crippen molar-refractivity contribution in [1.29, 1.82) is 0 Å². The second kappa shape index (κ2) is 8.92. The molecule has 29 heavy (non-hydrogen) atoms. The van der Waals surface area contributed by atoms with Crippen LogP contribution in [0.5, 0.6) is 5.75 Å². The first kappa shape index (κ1) is 20.5. The van der Waals surface area contributed by atoms with Crippen LogP contribution in [0.4, 0.5) is 0 Å². The van der Waals surface area contributed by atoms with Gasteiger partial charge in [-0.1, -0.05) is 18.2 Å². The lowest BCUT2D eigenvalue weighted by atomic mass is 9.81. The second-order valence-electron chi connectivity index (χ2n) is 8.90. The summed E-state index contributed by atoms with van der Waals surface area (Å²) in [4.78, 5) is 4.90.